The first-order valence-electron chi connectivity index (χ1n) is 5.03. The van der Waals surface area contributed by atoms with Crippen LogP contribution in [0.15, 0.2) is 28.9 Å². The van der Waals surface area contributed by atoms with Gasteiger partial charge in [-0.2, -0.15) is 0 Å². The summed E-state index contributed by atoms with van der Waals surface area (Å²) < 4.78 is 18.7. The molecule has 2 rings (SSSR count). The van der Waals surface area contributed by atoms with Crippen molar-refractivity contribution in [1.82, 2.24) is 5.32 Å². The fraction of sp³-hybridized carbons (Fsp3) is 0.333. The van der Waals surface area contributed by atoms with Gasteiger partial charge in [-0.25, -0.2) is 4.39 Å². The minimum Gasteiger partial charge on any atom is -0.464 e. The molecule has 2 aromatic rings. The van der Waals surface area contributed by atoms with Gasteiger partial charge in [-0.15, -0.1) is 0 Å². The van der Waals surface area contributed by atoms with Crippen molar-refractivity contribution in [1.29, 1.82) is 0 Å². The van der Waals surface area contributed by atoms with Gasteiger partial charge in [0.1, 0.15) is 11.4 Å². The predicted molar refractivity (Wildman–Crippen MR) is 58.4 cm³/mol. The molecule has 0 amide bonds. The summed E-state index contributed by atoms with van der Waals surface area (Å²) in [7, 11) is 1.90. The number of hydrogen-bond donors (Lipinski definition) is 1. The summed E-state index contributed by atoms with van der Waals surface area (Å²) in [6, 6.07) is 5.45. The first kappa shape index (κ1) is 10.2. The molecule has 1 atom stereocenters. The molecule has 2 nitrogen and oxygen atoms in total. The number of nitrogens with one attached hydrogen (secondary N) is 1. The van der Waals surface area contributed by atoms with Crippen LogP contribution in [-0.4, -0.2) is 13.1 Å². The number of rotatable bonds is 3. The van der Waals surface area contributed by atoms with Crippen molar-refractivity contribution in [2.75, 3.05) is 7.05 Å². The number of benzene rings is 1. The molecule has 1 aromatic heterocycles. The second kappa shape index (κ2) is 4.03. The van der Waals surface area contributed by atoms with Gasteiger partial charge in [0.25, 0.3) is 0 Å². The van der Waals surface area contributed by atoms with E-state index in [0.717, 1.165) is 12.0 Å². The standard InChI is InChI=1S/C12H14FNO/c1-8(14-2)5-9-6-11(13)10-3-4-15-12(10)7-9/h3-4,6-8,14H,5H2,1-2H3/t8-/m0/s1. The molecule has 1 heterocycles. The van der Waals surface area contributed by atoms with Crippen LogP contribution in [0.1, 0.15) is 12.5 Å². The summed E-state index contributed by atoms with van der Waals surface area (Å²) in [5.74, 6) is -0.209. The first-order chi connectivity index (χ1) is 7.20. The zero-order valence-electron chi connectivity index (χ0n) is 8.88. The Morgan fingerprint density at radius 1 is 1.47 bits per heavy atom. The van der Waals surface area contributed by atoms with Gasteiger partial charge in [-0.3, -0.25) is 0 Å². The molecule has 0 spiro atoms. The third kappa shape index (κ3) is 2.02. The maximum atomic E-state index is 13.6. The normalized spacial score (nSPS) is 13.3. The molecule has 80 valence electrons. The SMILES string of the molecule is CN[C@@H](C)Cc1cc(F)c2ccoc2c1. The van der Waals surface area contributed by atoms with Crippen LogP contribution in [0.4, 0.5) is 4.39 Å². The molecule has 0 radical (unpaired) electrons. The van der Waals surface area contributed by atoms with Gasteiger partial charge in [0, 0.05) is 6.04 Å². The average molecular weight is 207 g/mol. The monoisotopic (exact) mass is 207 g/mol. The molecule has 0 aliphatic heterocycles. The number of hydrogen-bond acceptors (Lipinski definition) is 2. The minimum atomic E-state index is -0.209. The summed E-state index contributed by atoms with van der Waals surface area (Å²) in [6.07, 6.45) is 2.31. The van der Waals surface area contributed by atoms with E-state index in [0.29, 0.717) is 17.0 Å². The van der Waals surface area contributed by atoms with Crippen molar-refractivity contribution in [2.45, 2.75) is 19.4 Å². The highest BCUT2D eigenvalue weighted by molar-refractivity contribution is 5.78. The van der Waals surface area contributed by atoms with Crippen LogP contribution in [-0.2, 0) is 6.42 Å². The second-order valence-corrected chi connectivity index (χ2v) is 3.80. The predicted octanol–water partition coefficient (Wildman–Crippen LogP) is 2.72. The molecule has 15 heavy (non-hydrogen) atoms. The minimum absolute atomic E-state index is 0.209. The Bertz CT molecular complexity index is 464. The van der Waals surface area contributed by atoms with Crippen molar-refractivity contribution < 1.29 is 8.81 Å². The molecule has 0 aliphatic carbocycles. The lowest BCUT2D eigenvalue weighted by molar-refractivity contribution is 0.592. The molecule has 0 bridgehead atoms. The maximum Gasteiger partial charge on any atom is 0.137 e. The van der Waals surface area contributed by atoms with Crippen LogP contribution >= 0.6 is 0 Å². The van der Waals surface area contributed by atoms with Crippen molar-refractivity contribution in [3.63, 3.8) is 0 Å². The highest BCUT2D eigenvalue weighted by Crippen LogP contribution is 2.21. The molecule has 1 aromatic carbocycles. The molecular formula is C12H14FNO. The highest BCUT2D eigenvalue weighted by atomic mass is 19.1. The van der Waals surface area contributed by atoms with E-state index in [1.54, 1.807) is 12.1 Å². The van der Waals surface area contributed by atoms with Gasteiger partial charge in [0.05, 0.1) is 11.6 Å². The molecule has 0 unspecified atom stereocenters. The Hall–Kier alpha value is -1.35. The van der Waals surface area contributed by atoms with E-state index in [-0.39, 0.29) is 5.82 Å². The summed E-state index contributed by atoms with van der Waals surface area (Å²) in [4.78, 5) is 0. The fourth-order valence-electron chi connectivity index (χ4n) is 1.65. The van der Waals surface area contributed by atoms with E-state index in [9.17, 15) is 4.39 Å². The second-order valence-electron chi connectivity index (χ2n) is 3.80. The Kier molecular flexibility index (Phi) is 2.73. The number of likely N-dealkylation sites (N-methyl/N-ethyl adjacent to an activating group) is 1. The number of fused-ring (bicyclic) bond motifs is 1. The Morgan fingerprint density at radius 3 is 3.00 bits per heavy atom. The van der Waals surface area contributed by atoms with Crippen LogP contribution in [0.3, 0.4) is 0 Å². The Balaban J connectivity index is 2.36. The number of furan rings is 1. The third-order valence-electron chi connectivity index (χ3n) is 2.62. The van der Waals surface area contributed by atoms with Crippen molar-refractivity contribution in [3.05, 3.63) is 35.8 Å². The van der Waals surface area contributed by atoms with Crippen LogP contribution in [0, 0.1) is 5.82 Å². The van der Waals surface area contributed by atoms with Gasteiger partial charge in [-0.05, 0) is 44.2 Å². The molecule has 1 N–H and O–H groups in total. The first-order valence-corrected chi connectivity index (χ1v) is 5.03. The van der Waals surface area contributed by atoms with E-state index in [2.05, 4.69) is 12.2 Å². The smallest absolute Gasteiger partial charge is 0.137 e. The summed E-state index contributed by atoms with van der Waals surface area (Å²) >= 11 is 0. The topological polar surface area (TPSA) is 25.2 Å². The van der Waals surface area contributed by atoms with Crippen LogP contribution in [0.5, 0.6) is 0 Å². The van der Waals surface area contributed by atoms with Crippen LogP contribution in [0.2, 0.25) is 0 Å². The Morgan fingerprint density at radius 2 is 2.27 bits per heavy atom. The molecule has 0 fully saturated rings. The van der Waals surface area contributed by atoms with E-state index in [1.165, 1.54) is 6.26 Å². The average Bonchev–Trinajstić information content (AvgIpc) is 2.66. The number of halogens is 1. The summed E-state index contributed by atoms with van der Waals surface area (Å²) in [6.45, 7) is 2.06. The molecular weight excluding hydrogens is 193 g/mol. The largest absolute Gasteiger partial charge is 0.464 e. The van der Waals surface area contributed by atoms with Gasteiger partial charge in [0.2, 0.25) is 0 Å². The summed E-state index contributed by atoms with van der Waals surface area (Å²) in [5.41, 5.74) is 1.57. The lowest BCUT2D eigenvalue weighted by Crippen LogP contribution is -2.23. The maximum absolute atomic E-state index is 13.6. The van der Waals surface area contributed by atoms with Gasteiger partial charge in [-0.1, -0.05) is 0 Å². The zero-order valence-corrected chi connectivity index (χ0v) is 8.88. The van der Waals surface area contributed by atoms with Crippen LogP contribution in [0.25, 0.3) is 11.0 Å². The lowest BCUT2D eigenvalue weighted by Gasteiger charge is -2.09. The van der Waals surface area contributed by atoms with Crippen LogP contribution < -0.4 is 5.32 Å². The third-order valence-corrected chi connectivity index (χ3v) is 2.62. The van der Waals surface area contributed by atoms with E-state index in [1.807, 2.05) is 13.1 Å². The molecule has 0 saturated heterocycles. The quantitative estimate of drug-likeness (QED) is 0.837. The molecule has 0 aliphatic rings. The van der Waals surface area contributed by atoms with Crippen molar-refractivity contribution in [3.8, 4) is 0 Å². The lowest BCUT2D eigenvalue weighted by atomic mass is 10.1. The summed E-state index contributed by atoms with van der Waals surface area (Å²) in [5, 5.41) is 3.67. The van der Waals surface area contributed by atoms with Gasteiger partial charge in [0.15, 0.2) is 0 Å². The van der Waals surface area contributed by atoms with E-state index < -0.39 is 0 Å². The fourth-order valence-corrected chi connectivity index (χ4v) is 1.65. The van der Waals surface area contributed by atoms with Crippen molar-refractivity contribution >= 4 is 11.0 Å². The Labute approximate surface area is 88.1 Å². The van der Waals surface area contributed by atoms with E-state index >= 15 is 0 Å². The van der Waals surface area contributed by atoms with Gasteiger partial charge < -0.3 is 9.73 Å². The molecule has 3 heteroatoms. The van der Waals surface area contributed by atoms with Gasteiger partial charge >= 0.3 is 0 Å². The highest BCUT2D eigenvalue weighted by Gasteiger charge is 2.08. The molecule has 0 saturated carbocycles. The zero-order chi connectivity index (χ0) is 10.8. The van der Waals surface area contributed by atoms with Crippen molar-refractivity contribution in [2.24, 2.45) is 0 Å². The van der Waals surface area contributed by atoms with E-state index in [4.69, 9.17) is 4.42 Å².